The monoisotopic (exact) mass is 327 g/mol. The lowest BCUT2D eigenvalue weighted by Crippen LogP contribution is -2.48. The Kier molecular flexibility index (Phi) is 4.77. The largest absolute Gasteiger partial charge is 0.479 e. The summed E-state index contributed by atoms with van der Waals surface area (Å²) in [4.78, 5) is 25.3. The van der Waals surface area contributed by atoms with Gasteiger partial charge in [-0.05, 0) is 24.3 Å². The molecule has 6 nitrogen and oxygen atoms in total. The Balaban J connectivity index is 1.81. The van der Waals surface area contributed by atoms with E-state index in [2.05, 4.69) is 0 Å². The Morgan fingerprint density at radius 1 is 1.08 bits per heavy atom. The number of ether oxygens (including phenoxy) is 2. The van der Waals surface area contributed by atoms with E-state index in [9.17, 15) is 9.59 Å². The molecule has 1 N–H and O–H groups in total. The Labute approximate surface area is 139 Å². The third kappa shape index (κ3) is 3.55. The van der Waals surface area contributed by atoms with E-state index in [-0.39, 0.29) is 19.1 Å². The maximum atomic E-state index is 12.8. The number of carboxylic acids is 1. The maximum absolute atomic E-state index is 12.8. The van der Waals surface area contributed by atoms with Gasteiger partial charge >= 0.3 is 5.97 Å². The van der Waals surface area contributed by atoms with Gasteiger partial charge in [0.2, 0.25) is 0 Å². The first-order valence-corrected chi connectivity index (χ1v) is 7.61. The van der Waals surface area contributed by atoms with Crippen LogP contribution in [0.2, 0.25) is 0 Å². The molecule has 0 bridgehead atoms. The van der Waals surface area contributed by atoms with Crippen molar-refractivity contribution >= 4 is 11.9 Å². The van der Waals surface area contributed by atoms with Gasteiger partial charge in [0.1, 0.15) is 11.5 Å². The molecule has 0 aromatic heterocycles. The molecule has 1 heterocycles. The van der Waals surface area contributed by atoms with Gasteiger partial charge in [-0.3, -0.25) is 4.79 Å². The molecule has 1 saturated heterocycles. The predicted molar refractivity (Wildman–Crippen MR) is 86.2 cm³/mol. The first-order chi connectivity index (χ1) is 11.6. The number of carboxylic acid groups (broad SMARTS) is 1. The smallest absolute Gasteiger partial charge is 0.334 e. The molecular weight excluding hydrogens is 310 g/mol. The van der Waals surface area contributed by atoms with Crippen molar-refractivity contribution in [1.82, 2.24) is 4.90 Å². The molecule has 0 radical (unpaired) electrons. The zero-order valence-corrected chi connectivity index (χ0v) is 12.9. The van der Waals surface area contributed by atoms with Crippen molar-refractivity contribution in [1.29, 1.82) is 0 Å². The minimum atomic E-state index is -1.07. The van der Waals surface area contributed by atoms with Crippen LogP contribution in [-0.4, -0.2) is 47.7 Å². The number of aliphatic carboxylic acids is 1. The fourth-order valence-electron chi connectivity index (χ4n) is 2.50. The highest BCUT2D eigenvalue weighted by Crippen LogP contribution is 2.26. The predicted octanol–water partition coefficient (Wildman–Crippen LogP) is 2.40. The van der Waals surface area contributed by atoms with Gasteiger partial charge in [0.05, 0.1) is 18.7 Å². The van der Waals surface area contributed by atoms with Crippen molar-refractivity contribution < 1.29 is 24.2 Å². The summed E-state index contributed by atoms with van der Waals surface area (Å²) in [5.41, 5.74) is 0.396. The number of carbonyl (C=O) groups excluding carboxylic acids is 1. The quantitative estimate of drug-likeness (QED) is 0.933. The number of amides is 1. The molecule has 0 aliphatic carbocycles. The lowest BCUT2D eigenvalue weighted by molar-refractivity contribution is -0.154. The van der Waals surface area contributed by atoms with E-state index in [1.807, 2.05) is 18.2 Å². The maximum Gasteiger partial charge on any atom is 0.334 e. The Bertz CT molecular complexity index is 731. The zero-order chi connectivity index (χ0) is 16.9. The molecule has 2 aromatic rings. The van der Waals surface area contributed by atoms with Crippen LogP contribution in [-0.2, 0) is 9.53 Å². The second-order valence-corrected chi connectivity index (χ2v) is 5.36. The van der Waals surface area contributed by atoms with Crippen molar-refractivity contribution in [2.45, 2.75) is 6.10 Å². The molecule has 1 atom stereocenters. The molecule has 3 rings (SSSR count). The highest BCUT2D eigenvalue weighted by atomic mass is 16.5. The van der Waals surface area contributed by atoms with Crippen molar-refractivity contribution in [2.75, 3.05) is 19.7 Å². The summed E-state index contributed by atoms with van der Waals surface area (Å²) in [7, 11) is 0. The molecule has 1 fully saturated rings. The highest BCUT2D eigenvalue weighted by Gasteiger charge is 2.30. The normalized spacial score (nSPS) is 17.3. The van der Waals surface area contributed by atoms with Crippen molar-refractivity contribution in [2.24, 2.45) is 0 Å². The first kappa shape index (κ1) is 16.0. The van der Waals surface area contributed by atoms with Gasteiger partial charge in [0.15, 0.2) is 6.10 Å². The average molecular weight is 327 g/mol. The molecule has 6 heteroatoms. The van der Waals surface area contributed by atoms with Crippen LogP contribution in [0.1, 0.15) is 10.4 Å². The number of hydrogen-bond acceptors (Lipinski definition) is 4. The van der Waals surface area contributed by atoms with E-state index in [0.29, 0.717) is 23.6 Å². The second-order valence-electron chi connectivity index (χ2n) is 5.36. The summed E-state index contributed by atoms with van der Waals surface area (Å²) >= 11 is 0. The second kappa shape index (κ2) is 7.14. The highest BCUT2D eigenvalue weighted by molar-refractivity contribution is 5.97. The van der Waals surface area contributed by atoms with Crippen LogP contribution < -0.4 is 4.74 Å². The molecule has 124 valence electrons. The summed E-state index contributed by atoms with van der Waals surface area (Å²) in [6.07, 6.45) is -0.995. The minimum Gasteiger partial charge on any atom is -0.479 e. The lowest BCUT2D eigenvalue weighted by Gasteiger charge is -2.31. The lowest BCUT2D eigenvalue weighted by atomic mass is 10.1. The van der Waals surface area contributed by atoms with E-state index < -0.39 is 12.1 Å². The minimum absolute atomic E-state index is 0.0217. The topological polar surface area (TPSA) is 76.1 Å². The third-order valence-corrected chi connectivity index (χ3v) is 3.72. The molecule has 1 aliphatic heterocycles. The molecule has 1 aliphatic rings. The summed E-state index contributed by atoms with van der Waals surface area (Å²) < 4.78 is 11.0. The standard InChI is InChI=1S/C18H17NO5/c20-17(19-10-11-23-16(12-19)18(21)22)14-8-4-5-9-15(14)24-13-6-2-1-3-7-13/h1-9,16H,10-12H2,(H,21,22)/t16-/m0/s1. The molecule has 0 saturated carbocycles. The van der Waals surface area contributed by atoms with Crippen molar-refractivity contribution in [3.05, 3.63) is 60.2 Å². The van der Waals surface area contributed by atoms with Gasteiger partial charge in [-0.15, -0.1) is 0 Å². The van der Waals surface area contributed by atoms with E-state index in [1.165, 1.54) is 4.90 Å². The third-order valence-electron chi connectivity index (χ3n) is 3.72. The molecule has 0 spiro atoms. The van der Waals surface area contributed by atoms with Gasteiger partial charge in [-0.1, -0.05) is 30.3 Å². The summed E-state index contributed by atoms with van der Waals surface area (Å²) in [6, 6.07) is 16.1. The molecule has 24 heavy (non-hydrogen) atoms. The Hall–Kier alpha value is -2.86. The SMILES string of the molecule is O=C(O)[C@@H]1CN(C(=O)c2ccccc2Oc2ccccc2)CCO1. The summed E-state index contributed by atoms with van der Waals surface area (Å²) in [5, 5.41) is 9.07. The fourth-order valence-corrected chi connectivity index (χ4v) is 2.50. The van der Waals surface area contributed by atoms with Gasteiger partial charge in [0, 0.05) is 6.54 Å². The van der Waals surface area contributed by atoms with Crippen LogP contribution in [0.25, 0.3) is 0 Å². The summed E-state index contributed by atoms with van der Waals surface area (Å²) in [6.45, 7) is 0.570. The van der Waals surface area contributed by atoms with E-state index >= 15 is 0 Å². The van der Waals surface area contributed by atoms with Crippen LogP contribution in [0.5, 0.6) is 11.5 Å². The number of carbonyl (C=O) groups is 2. The van der Waals surface area contributed by atoms with Crippen LogP contribution in [0.3, 0.4) is 0 Å². The fraction of sp³-hybridized carbons (Fsp3) is 0.222. The molecule has 2 aromatic carbocycles. The van der Waals surface area contributed by atoms with E-state index in [1.54, 1.807) is 36.4 Å². The van der Waals surface area contributed by atoms with Gasteiger partial charge in [-0.2, -0.15) is 0 Å². The molecular formula is C18H17NO5. The zero-order valence-electron chi connectivity index (χ0n) is 12.9. The molecule has 1 amide bonds. The number of rotatable bonds is 4. The van der Waals surface area contributed by atoms with Crippen LogP contribution in [0.4, 0.5) is 0 Å². The Morgan fingerprint density at radius 2 is 1.79 bits per heavy atom. The van der Waals surface area contributed by atoms with Crippen LogP contribution in [0.15, 0.2) is 54.6 Å². The van der Waals surface area contributed by atoms with Gasteiger partial charge in [-0.25, -0.2) is 4.79 Å². The number of morpholine rings is 1. The molecule has 0 unspecified atom stereocenters. The van der Waals surface area contributed by atoms with E-state index in [0.717, 1.165) is 0 Å². The summed E-state index contributed by atoms with van der Waals surface area (Å²) in [5.74, 6) is -0.271. The number of nitrogens with zero attached hydrogens (tertiary/aromatic N) is 1. The van der Waals surface area contributed by atoms with E-state index in [4.69, 9.17) is 14.6 Å². The Morgan fingerprint density at radius 3 is 2.54 bits per heavy atom. The van der Waals surface area contributed by atoms with Crippen molar-refractivity contribution in [3.8, 4) is 11.5 Å². The average Bonchev–Trinajstić information content (AvgIpc) is 2.62. The van der Waals surface area contributed by atoms with Gasteiger partial charge < -0.3 is 19.5 Å². The number of para-hydroxylation sites is 2. The number of hydrogen-bond donors (Lipinski definition) is 1. The first-order valence-electron chi connectivity index (χ1n) is 7.61. The number of benzene rings is 2. The van der Waals surface area contributed by atoms with Gasteiger partial charge in [0.25, 0.3) is 5.91 Å². The van der Waals surface area contributed by atoms with Crippen LogP contribution >= 0.6 is 0 Å². The van der Waals surface area contributed by atoms with Crippen LogP contribution in [0, 0.1) is 0 Å². The van der Waals surface area contributed by atoms with Crippen molar-refractivity contribution in [3.63, 3.8) is 0 Å².